The van der Waals surface area contributed by atoms with Crippen molar-refractivity contribution in [3.05, 3.63) is 11.8 Å². The molecular formula is C7H10N2O. The number of fused-ring (bicyclic) bond motifs is 1. The van der Waals surface area contributed by atoms with E-state index in [9.17, 15) is 0 Å². The van der Waals surface area contributed by atoms with Gasteiger partial charge < -0.3 is 4.74 Å². The van der Waals surface area contributed by atoms with E-state index in [1.807, 2.05) is 10.7 Å². The van der Waals surface area contributed by atoms with Crippen molar-refractivity contribution in [3.8, 4) is 5.88 Å². The zero-order chi connectivity index (χ0) is 6.97. The molecule has 1 aliphatic rings. The molecule has 1 aliphatic heterocycles. The molecule has 0 saturated heterocycles. The van der Waals surface area contributed by atoms with Gasteiger partial charge in [-0.3, -0.25) is 0 Å². The largest absolute Gasteiger partial charge is 0.476 e. The fraction of sp³-hybridized carbons (Fsp3) is 0.571. The average molecular weight is 138 g/mol. The van der Waals surface area contributed by atoms with Crippen molar-refractivity contribution < 1.29 is 4.74 Å². The van der Waals surface area contributed by atoms with Gasteiger partial charge in [-0.2, -0.15) is 5.10 Å². The summed E-state index contributed by atoms with van der Waals surface area (Å²) in [5, 5.41) is 4.30. The third-order valence-corrected chi connectivity index (χ3v) is 1.71. The van der Waals surface area contributed by atoms with Gasteiger partial charge in [-0.25, -0.2) is 4.68 Å². The van der Waals surface area contributed by atoms with Crippen molar-refractivity contribution in [2.45, 2.75) is 19.9 Å². The van der Waals surface area contributed by atoms with E-state index >= 15 is 0 Å². The van der Waals surface area contributed by atoms with Crippen LogP contribution in [0.25, 0.3) is 0 Å². The lowest BCUT2D eigenvalue weighted by Gasteiger charge is -1.87. The molecule has 54 valence electrons. The summed E-state index contributed by atoms with van der Waals surface area (Å²) in [6, 6.07) is 2.01. The molecule has 10 heavy (non-hydrogen) atoms. The van der Waals surface area contributed by atoms with Crippen LogP contribution in [-0.2, 0) is 13.0 Å². The zero-order valence-corrected chi connectivity index (χ0v) is 6.00. The molecule has 0 amide bonds. The maximum absolute atomic E-state index is 5.28. The Kier molecular flexibility index (Phi) is 1.16. The van der Waals surface area contributed by atoms with E-state index in [4.69, 9.17) is 4.74 Å². The number of hydrogen-bond acceptors (Lipinski definition) is 2. The van der Waals surface area contributed by atoms with Crippen LogP contribution < -0.4 is 4.74 Å². The van der Waals surface area contributed by atoms with Crippen molar-refractivity contribution in [3.63, 3.8) is 0 Å². The van der Waals surface area contributed by atoms with Crippen molar-refractivity contribution in [2.75, 3.05) is 6.61 Å². The Hall–Kier alpha value is -0.990. The van der Waals surface area contributed by atoms with Crippen LogP contribution in [0.15, 0.2) is 6.07 Å². The normalized spacial score (nSPS) is 14.9. The molecule has 0 fully saturated rings. The average Bonchev–Trinajstić information content (AvgIpc) is 2.42. The van der Waals surface area contributed by atoms with E-state index in [1.54, 1.807) is 0 Å². The molecule has 0 N–H and O–H groups in total. The van der Waals surface area contributed by atoms with Gasteiger partial charge in [0.1, 0.15) is 6.61 Å². The van der Waals surface area contributed by atoms with Crippen molar-refractivity contribution in [1.82, 2.24) is 9.78 Å². The number of aromatic nitrogens is 2. The highest BCUT2D eigenvalue weighted by Gasteiger charge is 2.12. The summed E-state index contributed by atoms with van der Waals surface area (Å²) in [7, 11) is 0. The van der Waals surface area contributed by atoms with Crippen molar-refractivity contribution >= 4 is 0 Å². The molecule has 3 nitrogen and oxygen atoms in total. The van der Waals surface area contributed by atoms with Gasteiger partial charge in [0.15, 0.2) is 0 Å². The molecule has 3 heteroatoms. The number of hydrogen-bond donors (Lipinski definition) is 0. The molecule has 0 atom stereocenters. The first kappa shape index (κ1) is 5.77. The highest BCUT2D eigenvalue weighted by molar-refractivity contribution is 5.17. The van der Waals surface area contributed by atoms with E-state index in [1.165, 1.54) is 0 Å². The molecule has 2 rings (SSSR count). The monoisotopic (exact) mass is 138 g/mol. The maximum Gasteiger partial charge on any atom is 0.212 e. The van der Waals surface area contributed by atoms with E-state index in [0.717, 1.165) is 31.1 Å². The van der Waals surface area contributed by atoms with E-state index in [2.05, 4.69) is 12.0 Å². The quantitative estimate of drug-likeness (QED) is 0.575. The molecule has 1 aromatic rings. The fourth-order valence-electron chi connectivity index (χ4n) is 1.14. The van der Waals surface area contributed by atoms with Gasteiger partial charge in [0.05, 0.1) is 12.2 Å². The first-order valence-corrected chi connectivity index (χ1v) is 3.59. The van der Waals surface area contributed by atoms with Crippen molar-refractivity contribution in [2.24, 2.45) is 0 Å². The third kappa shape index (κ3) is 0.701. The van der Waals surface area contributed by atoms with Crippen LogP contribution in [0.1, 0.15) is 12.6 Å². The zero-order valence-electron chi connectivity index (χ0n) is 6.00. The van der Waals surface area contributed by atoms with Crippen LogP contribution in [0.3, 0.4) is 0 Å². The Morgan fingerprint density at radius 3 is 3.40 bits per heavy atom. The summed E-state index contributed by atoms with van der Waals surface area (Å²) < 4.78 is 7.20. The molecule has 0 unspecified atom stereocenters. The minimum Gasteiger partial charge on any atom is -0.476 e. The second-order valence-electron chi connectivity index (χ2n) is 2.40. The van der Waals surface area contributed by atoms with Crippen molar-refractivity contribution in [1.29, 1.82) is 0 Å². The smallest absolute Gasteiger partial charge is 0.212 e. The lowest BCUT2D eigenvalue weighted by molar-refractivity contribution is 0.356. The fourth-order valence-corrected chi connectivity index (χ4v) is 1.14. The van der Waals surface area contributed by atoms with E-state index in [0.29, 0.717) is 0 Å². The third-order valence-electron chi connectivity index (χ3n) is 1.71. The molecule has 2 heterocycles. The Bertz CT molecular complexity index is 220. The lowest BCUT2D eigenvalue weighted by atomic mass is 10.3. The Morgan fingerprint density at radius 2 is 2.70 bits per heavy atom. The van der Waals surface area contributed by atoms with Crippen LogP contribution in [0.2, 0.25) is 0 Å². The van der Waals surface area contributed by atoms with Crippen LogP contribution in [-0.4, -0.2) is 16.4 Å². The lowest BCUT2D eigenvalue weighted by Crippen LogP contribution is -1.96. The predicted molar refractivity (Wildman–Crippen MR) is 37.1 cm³/mol. The van der Waals surface area contributed by atoms with Gasteiger partial charge in [-0.15, -0.1) is 0 Å². The minimum absolute atomic E-state index is 0.784. The predicted octanol–water partition coefficient (Wildman–Crippen LogP) is 0.838. The number of rotatable bonds is 1. The van der Waals surface area contributed by atoms with Gasteiger partial charge in [0.25, 0.3) is 0 Å². The summed E-state index contributed by atoms with van der Waals surface area (Å²) in [4.78, 5) is 0. The second kappa shape index (κ2) is 2.01. The summed E-state index contributed by atoms with van der Waals surface area (Å²) in [5.74, 6) is 0.928. The molecule has 0 saturated carbocycles. The Balaban J connectivity index is 2.37. The highest BCUT2D eigenvalue weighted by Crippen LogP contribution is 2.18. The van der Waals surface area contributed by atoms with Crippen LogP contribution >= 0.6 is 0 Å². The second-order valence-corrected chi connectivity index (χ2v) is 2.40. The van der Waals surface area contributed by atoms with Gasteiger partial charge in [-0.05, 0) is 6.42 Å². The standard InChI is InChI=1S/C7H10N2O/c1-2-6-5-7-9(8-6)3-4-10-7/h5H,2-4H2,1H3. The summed E-state index contributed by atoms with van der Waals surface area (Å²) in [5.41, 5.74) is 1.12. The maximum atomic E-state index is 5.28. The van der Waals surface area contributed by atoms with Gasteiger partial charge >= 0.3 is 0 Å². The van der Waals surface area contributed by atoms with Gasteiger partial charge in [0.2, 0.25) is 5.88 Å². The van der Waals surface area contributed by atoms with Crippen LogP contribution in [0.5, 0.6) is 5.88 Å². The summed E-state index contributed by atoms with van der Waals surface area (Å²) >= 11 is 0. The molecule has 1 aromatic heterocycles. The molecule has 0 spiro atoms. The van der Waals surface area contributed by atoms with E-state index < -0.39 is 0 Å². The van der Waals surface area contributed by atoms with Crippen LogP contribution in [0, 0.1) is 0 Å². The topological polar surface area (TPSA) is 27.1 Å². The molecule has 0 bridgehead atoms. The van der Waals surface area contributed by atoms with Gasteiger partial charge in [-0.1, -0.05) is 6.92 Å². The van der Waals surface area contributed by atoms with Crippen LogP contribution in [0.4, 0.5) is 0 Å². The number of ether oxygens (including phenoxy) is 1. The first-order chi connectivity index (χ1) is 4.90. The molecule has 0 aliphatic carbocycles. The van der Waals surface area contributed by atoms with Gasteiger partial charge in [0, 0.05) is 6.07 Å². The highest BCUT2D eigenvalue weighted by atomic mass is 16.5. The Morgan fingerprint density at radius 1 is 1.80 bits per heavy atom. The first-order valence-electron chi connectivity index (χ1n) is 3.59. The van der Waals surface area contributed by atoms with E-state index in [-0.39, 0.29) is 0 Å². The number of nitrogens with zero attached hydrogens (tertiary/aromatic N) is 2. The molecular weight excluding hydrogens is 128 g/mol. The Labute approximate surface area is 59.6 Å². The summed E-state index contributed by atoms with van der Waals surface area (Å²) in [6.45, 7) is 3.79. The molecule has 0 aromatic carbocycles. The number of aryl methyl sites for hydroxylation is 1. The SMILES string of the molecule is CCc1cc2n(n1)CCO2. The molecule has 0 radical (unpaired) electrons. The minimum atomic E-state index is 0.784. The summed E-state index contributed by atoms with van der Waals surface area (Å²) in [6.07, 6.45) is 0.989.